The van der Waals surface area contributed by atoms with Crippen molar-refractivity contribution in [1.29, 1.82) is 0 Å². The Morgan fingerprint density at radius 3 is 2.55 bits per heavy atom. The summed E-state index contributed by atoms with van der Waals surface area (Å²) in [4.78, 5) is 2.17. The van der Waals surface area contributed by atoms with Crippen molar-refractivity contribution in [3.63, 3.8) is 0 Å². The summed E-state index contributed by atoms with van der Waals surface area (Å²) in [6.45, 7) is 10.5. The molecule has 206 valence electrons. The molecule has 0 bridgehead atoms. The number of aromatic nitrogens is 2. The van der Waals surface area contributed by atoms with E-state index in [-0.39, 0.29) is 24.1 Å². The van der Waals surface area contributed by atoms with Gasteiger partial charge in [-0.15, -0.1) is 0 Å². The van der Waals surface area contributed by atoms with Crippen LogP contribution >= 0.6 is 0 Å². The zero-order valence-corrected chi connectivity index (χ0v) is 22.9. The zero-order chi connectivity index (χ0) is 27.1. The molecule has 1 fully saturated rings. The molecule has 0 spiro atoms. The predicted molar refractivity (Wildman–Crippen MR) is 145 cm³/mol. The van der Waals surface area contributed by atoms with Crippen molar-refractivity contribution in [3.05, 3.63) is 71.7 Å². The lowest BCUT2D eigenvalue weighted by molar-refractivity contribution is -0.0594. The molecule has 0 radical (unpaired) electrons. The molecule has 1 aliphatic heterocycles. The van der Waals surface area contributed by atoms with Crippen molar-refractivity contribution < 1.29 is 23.7 Å². The smallest absolute Gasteiger partial charge is 0.227 e. The van der Waals surface area contributed by atoms with Crippen LogP contribution in [-0.2, 0) is 22.4 Å². The molecule has 8 heteroatoms. The number of para-hydroxylation sites is 2. The van der Waals surface area contributed by atoms with Gasteiger partial charge in [-0.2, -0.15) is 5.10 Å². The van der Waals surface area contributed by atoms with E-state index >= 15 is 0 Å². The molecule has 38 heavy (non-hydrogen) atoms. The van der Waals surface area contributed by atoms with Crippen LogP contribution < -0.4 is 4.74 Å². The minimum atomic E-state index is -0.680. The summed E-state index contributed by atoms with van der Waals surface area (Å²) in [6, 6.07) is 16.1. The van der Waals surface area contributed by atoms with Gasteiger partial charge in [0.2, 0.25) is 5.88 Å². The van der Waals surface area contributed by atoms with Crippen molar-refractivity contribution in [2.75, 3.05) is 26.3 Å². The molecule has 2 atom stereocenters. The van der Waals surface area contributed by atoms with Gasteiger partial charge in [-0.25, -0.2) is 9.07 Å². The highest BCUT2D eigenvalue weighted by molar-refractivity contribution is 5.44. The van der Waals surface area contributed by atoms with Crippen molar-refractivity contribution in [2.24, 2.45) is 0 Å². The van der Waals surface area contributed by atoms with Gasteiger partial charge in [0, 0.05) is 26.2 Å². The molecule has 2 aromatic carbocycles. The molecular weight excluding hydrogens is 485 g/mol. The van der Waals surface area contributed by atoms with Gasteiger partial charge in [0.25, 0.3) is 0 Å². The Balaban J connectivity index is 1.68. The van der Waals surface area contributed by atoms with Crippen LogP contribution in [0.25, 0.3) is 5.69 Å². The lowest BCUT2D eigenvalue weighted by Crippen LogP contribution is -2.40. The molecule has 1 aromatic heterocycles. The predicted octanol–water partition coefficient (Wildman–Crippen LogP) is 5.52. The summed E-state index contributed by atoms with van der Waals surface area (Å²) >= 11 is 0. The standard InChI is InChI=1S/C30H40FN3O4/c1-5-27-25(20-33(19-24-14-11-17-36-24)18-23(35)21-37-30(2,3)4)29(38-28-16-10-9-15-26(28)31)34(32-27)22-12-7-6-8-13-22/h6-10,12-13,15-16,23-24,35H,5,11,14,17-21H2,1-4H3. The monoisotopic (exact) mass is 525 g/mol. The minimum absolute atomic E-state index is 0.0934. The molecule has 2 unspecified atom stereocenters. The van der Waals surface area contributed by atoms with Crippen LogP contribution in [0.5, 0.6) is 11.6 Å². The molecule has 7 nitrogen and oxygen atoms in total. The number of aryl methyl sites for hydroxylation is 1. The molecule has 1 aliphatic rings. The number of hydrogen-bond donors (Lipinski definition) is 1. The third-order valence-electron chi connectivity index (χ3n) is 6.44. The number of halogens is 1. The van der Waals surface area contributed by atoms with Gasteiger partial charge in [0.05, 0.1) is 41.4 Å². The molecular formula is C30H40FN3O4. The highest BCUT2D eigenvalue weighted by Crippen LogP contribution is 2.33. The number of rotatable bonds is 12. The van der Waals surface area contributed by atoms with E-state index in [4.69, 9.17) is 19.3 Å². The summed E-state index contributed by atoms with van der Waals surface area (Å²) in [5.74, 6) is 0.164. The first-order valence-corrected chi connectivity index (χ1v) is 13.5. The van der Waals surface area contributed by atoms with E-state index in [2.05, 4.69) is 4.90 Å². The van der Waals surface area contributed by atoms with Crippen molar-refractivity contribution in [3.8, 4) is 17.3 Å². The largest absolute Gasteiger partial charge is 0.435 e. The normalized spacial score (nSPS) is 16.8. The van der Waals surface area contributed by atoms with E-state index in [1.165, 1.54) is 6.07 Å². The number of nitrogens with zero attached hydrogens (tertiary/aromatic N) is 3. The Bertz CT molecular complexity index is 1160. The van der Waals surface area contributed by atoms with Gasteiger partial charge in [-0.05, 0) is 64.3 Å². The van der Waals surface area contributed by atoms with Gasteiger partial charge >= 0.3 is 0 Å². The molecule has 3 aromatic rings. The topological polar surface area (TPSA) is 69.0 Å². The summed E-state index contributed by atoms with van der Waals surface area (Å²) in [5.41, 5.74) is 2.21. The second kappa shape index (κ2) is 12.8. The van der Waals surface area contributed by atoms with Crippen molar-refractivity contribution in [1.82, 2.24) is 14.7 Å². The van der Waals surface area contributed by atoms with Crippen LogP contribution in [0, 0.1) is 5.82 Å². The highest BCUT2D eigenvalue weighted by Gasteiger charge is 2.27. The fourth-order valence-corrected chi connectivity index (χ4v) is 4.60. The van der Waals surface area contributed by atoms with Crippen LogP contribution in [0.4, 0.5) is 4.39 Å². The van der Waals surface area contributed by atoms with Crippen molar-refractivity contribution in [2.45, 2.75) is 71.3 Å². The van der Waals surface area contributed by atoms with Crippen molar-refractivity contribution >= 4 is 0 Å². The average molecular weight is 526 g/mol. The second-order valence-corrected chi connectivity index (χ2v) is 10.8. The summed E-state index contributed by atoms with van der Waals surface area (Å²) in [6.07, 6.45) is 2.10. The number of aliphatic hydroxyl groups excluding tert-OH is 1. The van der Waals surface area contributed by atoms with Gasteiger partial charge in [-0.3, -0.25) is 4.90 Å². The highest BCUT2D eigenvalue weighted by atomic mass is 19.1. The van der Waals surface area contributed by atoms with E-state index in [1.54, 1.807) is 22.9 Å². The lowest BCUT2D eigenvalue weighted by atomic mass is 10.1. The Labute approximate surface area is 225 Å². The van der Waals surface area contributed by atoms with E-state index in [9.17, 15) is 9.50 Å². The van der Waals surface area contributed by atoms with Gasteiger partial charge < -0.3 is 19.3 Å². The van der Waals surface area contributed by atoms with E-state index in [0.717, 1.165) is 36.4 Å². The lowest BCUT2D eigenvalue weighted by Gasteiger charge is -2.29. The third-order valence-corrected chi connectivity index (χ3v) is 6.44. The fourth-order valence-electron chi connectivity index (χ4n) is 4.60. The van der Waals surface area contributed by atoms with E-state index < -0.39 is 11.9 Å². The first kappa shape index (κ1) is 28.2. The second-order valence-electron chi connectivity index (χ2n) is 10.8. The number of hydrogen-bond acceptors (Lipinski definition) is 6. The number of aliphatic hydroxyl groups is 1. The first-order valence-electron chi connectivity index (χ1n) is 13.5. The fraction of sp³-hybridized carbons (Fsp3) is 0.500. The Kier molecular flexibility index (Phi) is 9.54. The third kappa shape index (κ3) is 7.63. The molecule has 0 amide bonds. The average Bonchev–Trinajstić information content (AvgIpc) is 3.52. The Morgan fingerprint density at radius 1 is 1.16 bits per heavy atom. The Hall–Kier alpha value is -2.78. The summed E-state index contributed by atoms with van der Waals surface area (Å²) < 4.78 is 34.5. The van der Waals surface area contributed by atoms with Crippen LogP contribution in [0.15, 0.2) is 54.6 Å². The molecule has 2 heterocycles. The van der Waals surface area contributed by atoms with E-state index in [1.807, 2.05) is 58.0 Å². The van der Waals surface area contributed by atoms with Crippen LogP contribution in [0.1, 0.15) is 51.8 Å². The molecule has 0 aliphatic carbocycles. The van der Waals surface area contributed by atoms with E-state index in [0.29, 0.717) is 31.9 Å². The SMILES string of the molecule is CCc1nn(-c2ccccc2)c(Oc2ccccc2F)c1CN(CC(O)COC(C)(C)C)CC1CCCO1. The van der Waals surface area contributed by atoms with Crippen LogP contribution in [-0.4, -0.2) is 63.9 Å². The van der Waals surface area contributed by atoms with Gasteiger partial charge in [-0.1, -0.05) is 37.3 Å². The maximum Gasteiger partial charge on any atom is 0.227 e. The summed E-state index contributed by atoms with van der Waals surface area (Å²) in [7, 11) is 0. The number of ether oxygens (including phenoxy) is 3. The Morgan fingerprint density at radius 2 is 1.89 bits per heavy atom. The summed E-state index contributed by atoms with van der Waals surface area (Å²) in [5, 5.41) is 15.8. The first-order chi connectivity index (χ1) is 18.2. The molecule has 4 rings (SSSR count). The van der Waals surface area contributed by atoms with Crippen LogP contribution in [0.3, 0.4) is 0 Å². The quantitative estimate of drug-likeness (QED) is 0.336. The number of benzene rings is 2. The molecule has 0 saturated carbocycles. The van der Waals surface area contributed by atoms with Crippen LogP contribution in [0.2, 0.25) is 0 Å². The maximum absolute atomic E-state index is 14.7. The molecule has 1 saturated heterocycles. The minimum Gasteiger partial charge on any atom is -0.435 e. The molecule has 1 N–H and O–H groups in total. The zero-order valence-electron chi connectivity index (χ0n) is 22.9. The van der Waals surface area contributed by atoms with Gasteiger partial charge in [0.15, 0.2) is 11.6 Å². The van der Waals surface area contributed by atoms with Gasteiger partial charge in [0.1, 0.15) is 0 Å². The maximum atomic E-state index is 14.7.